The molecule has 1 saturated heterocycles. The number of para-hydroxylation sites is 1. The van der Waals surface area contributed by atoms with Gasteiger partial charge in [-0.05, 0) is 39.3 Å². The van der Waals surface area contributed by atoms with Gasteiger partial charge in [-0.1, -0.05) is 18.2 Å². The van der Waals surface area contributed by atoms with E-state index in [0.717, 1.165) is 10.9 Å². The van der Waals surface area contributed by atoms with Gasteiger partial charge in [0.25, 0.3) is 5.91 Å². The lowest BCUT2D eigenvalue weighted by Crippen LogP contribution is -2.53. The van der Waals surface area contributed by atoms with E-state index in [2.05, 4.69) is 30.9 Å². The fraction of sp³-hybridized carbons (Fsp3) is 0.375. The minimum absolute atomic E-state index is 0.138. The molecule has 0 bridgehead atoms. The van der Waals surface area contributed by atoms with Crippen LogP contribution in [0.25, 0.3) is 10.9 Å². The number of benzene rings is 1. The van der Waals surface area contributed by atoms with E-state index < -0.39 is 17.6 Å². The van der Waals surface area contributed by atoms with Crippen molar-refractivity contribution in [2.75, 3.05) is 23.8 Å². The first kappa shape index (κ1) is 24.1. The SMILES string of the molecule is CC(C)(C)OC(=O)N[C@H]1COCC[C@H]1Nc1ncc(C(N)=O)c(Nc2cnc3ccccc3c2)n1. The molecule has 0 radical (unpaired) electrons. The molecule has 3 heterocycles. The molecule has 1 aliphatic heterocycles. The Balaban J connectivity index is 1.53. The summed E-state index contributed by atoms with van der Waals surface area (Å²) >= 11 is 0. The van der Waals surface area contributed by atoms with Crippen LogP contribution in [0.4, 0.5) is 22.2 Å². The van der Waals surface area contributed by atoms with Crippen molar-refractivity contribution >= 4 is 40.4 Å². The van der Waals surface area contributed by atoms with E-state index in [1.807, 2.05) is 30.3 Å². The predicted octanol–water partition coefficient (Wildman–Crippen LogP) is 2.96. The van der Waals surface area contributed by atoms with Crippen LogP contribution >= 0.6 is 0 Å². The molecule has 4 rings (SSSR count). The highest BCUT2D eigenvalue weighted by molar-refractivity contribution is 5.98. The number of pyridine rings is 1. The fourth-order valence-electron chi connectivity index (χ4n) is 3.68. The van der Waals surface area contributed by atoms with Crippen LogP contribution in [0.15, 0.2) is 42.7 Å². The van der Waals surface area contributed by atoms with Crippen molar-refractivity contribution in [1.82, 2.24) is 20.3 Å². The second-order valence-corrected chi connectivity index (χ2v) is 9.23. The molecule has 2 aromatic heterocycles. The Morgan fingerprint density at radius 1 is 1.14 bits per heavy atom. The third kappa shape index (κ3) is 6.33. The van der Waals surface area contributed by atoms with Crippen LogP contribution in [-0.2, 0) is 9.47 Å². The summed E-state index contributed by atoms with van der Waals surface area (Å²) < 4.78 is 10.9. The van der Waals surface area contributed by atoms with Gasteiger partial charge in [0.1, 0.15) is 17.0 Å². The lowest BCUT2D eigenvalue weighted by Gasteiger charge is -2.33. The first-order valence-corrected chi connectivity index (χ1v) is 11.3. The first-order chi connectivity index (χ1) is 16.7. The van der Waals surface area contributed by atoms with E-state index in [1.54, 1.807) is 27.0 Å². The zero-order valence-corrected chi connectivity index (χ0v) is 19.9. The molecule has 2 atom stereocenters. The summed E-state index contributed by atoms with van der Waals surface area (Å²) in [5.74, 6) is -0.145. The van der Waals surface area contributed by atoms with Crippen molar-refractivity contribution in [2.45, 2.75) is 44.9 Å². The van der Waals surface area contributed by atoms with Gasteiger partial charge in [0.05, 0.1) is 36.1 Å². The molecule has 0 aliphatic carbocycles. The maximum atomic E-state index is 12.3. The van der Waals surface area contributed by atoms with E-state index in [9.17, 15) is 9.59 Å². The maximum absolute atomic E-state index is 12.3. The van der Waals surface area contributed by atoms with Crippen LogP contribution < -0.4 is 21.7 Å². The summed E-state index contributed by atoms with van der Waals surface area (Å²) in [5, 5.41) is 10.1. The quantitative estimate of drug-likeness (QED) is 0.418. The van der Waals surface area contributed by atoms with Crippen LogP contribution in [0.3, 0.4) is 0 Å². The van der Waals surface area contributed by atoms with Gasteiger partial charge in [-0.15, -0.1) is 0 Å². The number of hydrogen-bond donors (Lipinski definition) is 4. The monoisotopic (exact) mass is 479 g/mol. The molecule has 0 spiro atoms. The minimum atomic E-state index is -0.664. The number of fused-ring (bicyclic) bond motifs is 1. The number of ether oxygens (including phenoxy) is 2. The number of primary amides is 1. The Morgan fingerprint density at radius 3 is 2.71 bits per heavy atom. The van der Waals surface area contributed by atoms with Crippen molar-refractivity contribution in [3.63, 3.8) is 0 Å². The molecule has 1 aromatic carbocycles. The second kappa shape index (κ2) is 10.1. The molecule has 3 aromatic rings. The summed E-state index contributed by atoms with van der Waals surface area (Å²) in [7, 11) is 0. The highest BCUT2D eigenvalue weighted by Crippen LogP contribution is 2.23. The smallest absolute Gasteiger partial charge is 0.408 e. The third-order valence-corrected chi connectivity index (χ3v) is 5.28. The lowest BCUT2D eigenvalue weighted by atomic mass is 10.0. The van der Waals surface area contributed by atoms with Crippen molar-refractivity contribution in [1.29, 1.82) is 0 Å². The van der Waals surface area contributed by atoms with E-state index in [-0.39, 0.29) is 29.4 Å². The molecule has 0 unspecified atom stereocenters. The molecule has 2 amide bonds. The van der Waals surface area contributed by atoms with E-state index >= 15 is 0 Å². The Hall–Kier alpha value is -3.99. The maximum Gasteiger partial charge on any atom is 0.408 e. The van der Waals surface area contributed by atoms with Gasteiger partial charge in [-0.3, -0.25) is 9.78 Å². The number of aromatic nitrogens is 3. The van der Waals surface area contributed by atoms with Crippen LogP contribution in [0, 0.1) is 0 Å². The number of rotatable bonds is 6. The van der Waals surface area contributed by atoms with Gasteiger partial charge in [0.15, 0.2) is 0 Å². The molecule has 11 heteroatoms. The second-order valence-electron chi connectivity index (χ2n) is 9.23. The number of nitrogens with one attached hydrogen (secondary N) is 3. The third-order valence-electron chi connectivity index (χ3n) is 5.28. The zero-order chi connectivity index (χ0) is 25.0. The number of alkyl carbamates (subject to hydrolysis) is 1. The fourth-order valence-corrected chi connectivity index (χ4v) is 3.68. The van der Waals surface area contributed by atoms with Crippen LogP contribution in [-0.4, -0.2) is 57.9 Å². The molecule has 1 fully saturated rings. The Labute approximate surface area is 202 Å². The topological polar surface area (TPSA) is 153 Å². The average Bonchev–Trinajstić information content (AvgIpc) is 2.79. The highest BCUT2D eigenvalue weighted by Gasteiger charge is 2.30. The van der Waals surface area contributed by atoms with Crippen molar-refractivity contribution in [3.05, 3.63) is 48.3 Å². The normalized spacial score (nSPS) is 18.0. The first-order valence-electron chi connectivity index (χ1n) is 11.3. The number of amides is 2. The molecule has 0 saturated carbocycles. The molecular formula is C24H29N7O4. The van der Waals surface area contributed by atoms with Crippen LogP contribution in [0.5, 0.6) is 0 Å². The minimum Gasteiger partial charge on any atom is -0.444 e. The zero-order valence-electron chi connectivity index (χ0n) is 19.9. The summed E-state index contributed by atoms with van der Waals surface area (Å²) in [6.45, 7) is 6.22. The summed E-state index contributed by atoms with van der Waals surface area (Å²) in [4.78, 5) is 37.5. The van der Waals surface area contributed by atoms with Crippen molar-refractivity contribution < 1.29 is 19.1 Å². The lowest BCUT2D eigenvalue weighted by molar-refractivity contribution is 0.0317. The number of nitrogens with two attached hydrogens (primary N) is 1. The number of nitrogens with zero attached hydrogens (tertiary/aromatic N) is 3. The highest BCUT2D eigenvalue weighted by atomic mass is 16.6. The standard InChI is InChI=1S/C24H29N7O4/c1-24(2,3)35-23(33)30-19-13-34-9-8-18(19)29-22-27-12-16(20(25)32)21(31-22)28-15-10-14-6-4-5-7-17(14)26-11-15/h4-7,10-12,18-19H,8-9,13H2,1-3H3,(H2,25,32)(H,30,33)(H2,27,28,29,31)/t18-,19+/m1/s1. The van der Waals surface area contributed by atoms with Gasteiger partial charge in [-0.2, -0.15) is 4.98 Å². The summed E-state index contributed by atoms with van der Waals surface area (Å²) in [6.07, 6.45) is 3.10. The van der Waals surface area contributed by atoms with Crippen molar-refractivity contribution in [2.24, 2.45) is 5.73 Å². The van der Waals surface area contributed by atoms with E-state index in [1.165, 1.54) is 6.20 Å². The van der Waals surface area contributed by atoms with Crippen LogP contribution in [0.1, 0.15) is 37.6 Å². The van der Waals surface area contributed by atoms with Gasteiger partial charge < -0.3 is 31.2 Å². The van der Waals surface area contributed by atoms with E-state index in [4.69, 9.17) is 15.2 Å². The molecule has 5 N–H and O–H groups in total. The van der Waals surface area contributed by atoms with Gasteiger partial charge >= 0.3 is 6.09 Å². The molecular weight excluding hydrogens is 450 g/mol. The Kier molecular flexibility index (Phi) is 6.97. The van der Waals surface area contributed by atoms with E-state index in [0.29, 0.717) is 25.3 Å². The molecule has 35 heavy (non-hydrogen) atoms. The predicted molar refractivity (Wildman–Crippen MR) is 132 cm³/mol. The summed E-state index contributed by atoms with van der Waals surface area (Å²) in [5.41, 5.74) is 6.56. The van der Waals surface area contributed by atoms with Gasteiger partial charge in [0, 0.05) is 18.2 Å². The number of anilines is 3. The Morgan fingerprint density at radius 2 is 1.94 bits per heavy atom. The van der Waals surface area contributed by atoms with Crippen molar-refractivity contribution in [3.8, 4) is 0 Å². The molecule has 184 valence electrons. The van der Waals surface area contributed by atoms with Gasteiger partial charge in [-0.25, -0.2) is 9.78 Å². The Bertz CT molecular complexity index is 1230. The van der Waals surface area contributed by atoms with Crippen LogP contribution in [0.2, 0.25) is 0 Å². The number of carbonyl (C=O) groups excluding carboxylic acids is 2. The largest absolute Gasteiger partial charge is 0.444 e. The summed E-state index contributed by atoms with van der Waals surface area (Å²) in [6, 6.07) is 9.02. The molecule has 11 nitrogen and oxygen atoms in total. The molecule has 1 aliphatic rings. The van der Waals surface area contributed by atoms with Gasteiger partial charge in [0.2, 0.25) is 5.95 Å². The average molecular weight is 480 g/mol. The number of carbonyl (C=O) groups is 2. The number of hydrogen-bond acceptors (Lipinski definition) is 9.